The molecule has 0 aliphatic carbocycles. The number of aryl methyl sites for hydroxylation is 2. The molecule has 0 bridgehead atoms. The fraction of sp³-hybridized carbons (Fsp3) is 0.778. The zero-order valence-electron chi connectivity index (χ0n) is 14.8. The van der Waals surface area contributed by atoms with Crippen LogP contribution in [0.4, 0.5) is 0 Å². The van der Waals surface area contributed by atoms with Gasteiger partial charge in [-0.05, 0) is 59.5 Å². The first kappa shape index (κ1) is 16.5. The maximum absolute atomic E-state index is 13.1. The lowest BCUT2D eigenvalue weighted by atomic mass is 9.96. The Kier molecular flexibility index (Phi) is 4.76. The molecular formula is C18H29N3O2. The average Bonchev–Trinajstić information content (AvgIpc) is 3.25. The zero-order valence-corrected chi connectivity index (χ0v) is 14.8. The third-order valence-corrected chi connectivity index (χ3v) is 5.74. The Morgan fingerprint density at radius 2 is 1.96 bits per heavy atom. The van der Waals surface area contributed by atoms with Crippen molar-refractivity contribution >= 4 is 5.91 Å². The molecule has 0 spiro atoms. The van der Waals surface area contributed by atoms with Crippen molar-refractivity contribution in [2.24, 2.45) is 0 Å². The van der Waals surface area contributed by atoms with Crippen molar-refractivity contribution in [1.29, 1.82) is 0 Å². The van der Waals surface area contributed by atoms with Crippen LogP contribution in [0.15, 0.2) is 4.52 Å². The van der Waals surface area contributed by atoms with Crippen molar-refractivity contribution in [3.05, 3.63) is 17.0 Å². The first-order valence-electron chi connectivity index (χ1n) is 9.01. The molecule has 0 saturated carbocycles. The fourth-order valence-electron chi connectivity index (χ4n) is 4.63. The van der Waals surface area contributed by atoms with Gasteiger partial charge in [-0.15, -0.1) is 0 Å². The van der Waals surface area contributed by atoms with E-state index < -0.39 is 0 Å². The SMILES string of the molecule is CCN1CCCC1C1CCCN1C(=O)C(C)c1c(C)noc1C. The van der Waals surface area contributed by atoms with Gasteiger partial charge < -0.3 is 9.42 Å². The summed E-state index contributed by atoms with van der Waals surface area (Å²) in [5, 5.41) is 4.01. The van der Waals surface area contributed by atoms with Gasteiger partial charge >= 0.3 is 0 Å². The highest BCUT2D eigenvalue weighted by atomic mass is 16.5. The molecule has 0 N–H and O–H groups in total. The van der Waals surface area contributed by atoms with E-state index in [4.69, 9.17) is 4.52 Å². The third kappa shape index (κ3) is 2.91. The zero-order chi connectivity index (χ0) is 16.6. The molecule has 0 aromatic carbocycles. The van der Waals surface area contributed by atoms with E-state index >= 15 is 0 Å². The Morgan fingerprint density at radius 1 is 1.26 bits per heavy atom. The fourth-order valence-corrected chi connectivity index (χ4v) is 4.63. The van der Waals surface area contributed by atoms with Crippen molar-refractivity contribution in [1.82, 2.24) is 15.0 Å². The maximum atomic E-state index is 13.1. The molecule has 5 heteroatoms. The quantitative estimate of drug-likeness (QED) is 0.856. The van der Waals surface area contributed by atoms with E-state index in [1.807, 2.05) is 20.8 Å². The van der Waals surface area contributed by atoms with Crippen LogP contribution in [0.1, 0.15) is 62.5 Å². The molecule has 3 atom stereocenters. The van der Waals surface area contributed by atoms with Gasteiger partial charge in [0.2, 0.25) is 5.91 Å². The molecule has 2 fully saturated rings. The van der Waals surface area contributed by atoms with Gasteiger partial charge in [0.1, 0.15) is 5.76 Å². The van der Waals surface area contributed by atoms with Gasteiger partial charge in [0.15, 0.2) is 0 Å². The van der Waals surface area contributed by atoms with Crippen LogP contribution in [0.25, 0.3) is 0 Å². The number of likely N-dealkylation sites (N-methyl/N-ethyl adjacent to an activating group) is 1. The van der Waals surface area contributed by atoms with Gasteiger partial charge in [0.25, 0.3) is 0 Å². The number of hydrogen-bond donors (Lipinski definition) is 0. The normalized spacial score (nSPS) is 26.9. The van der Waals surface area contributed by atoms with Gasteiger partial charge in [0.05, 0.1) is 11.6 Å². The van der Waals surface area contributed by atoms with Crippen LogP contribution in [0.2, 0.25) is 0 Å². The first-order valence-corrected chi connectivity index (χ1v) is 9.01. The molecule has 128 valence electrons. The Hall–Kier alpha value is -1.36. The van der Waals surface area contributed by atoms with Crippen LogP contribution >= 0.6 is 0 Å². The van der Waals surface area contributed by atoms with Crippen LogP contribution < -0.4 is 0 Å². The minimum Gasteiger partial charge on any atom is -0.361 e. The number of aromatic nitrogens is 1. The van der Waals surface area contributed by atoms with E-state index in [9.17, 15) is 4.79 Å². The first-order chi connectivity index (χ1) is 11.0. The smallest absolute Gasteiger partial charge is 0.230 e. The molecule has 2 aliphatic rings. The number of nitrogens with zero attached hydrogens (tertiary/aromatic N) is 3. The molecule has 2 saturated heterocycles. The molecule has 1 amide bonds. The summed E-state index contributed by atoms with van der Waals surface area (Å²) in [6.45, 7) is 11.2. The highest BCUT2D eigenvalue weighted by Crippen LogP contribution is 2.33. The predicted octanol–water partition coefficient (Wildman–Crippen LogP) is 2.87. The molecular weight excluding hydrogens is 290 g/mol. The number of carbonyl (C=O) groups excluding carboxylic acids is 1. The summed E-state index contributed by atoms with van der Waals surface area (Å²) in [6, 6.07) is 0.927. The van der Waals surface area contributed by atoms with Gasteiger partial charge in [0, 0.05) is 24.2 Å². The van der Waals surface area contributed by atoms with Crippen molar-refractivity contribution in [3.63, 3.8) is 0 Å². The summed E-state index contributed by atoms with van der Waals surface area (Å²) in [6.07, 6.45) is 4.75. The summed E-state index contributed by atoms with van der Waals surface area (Å²) in [4.78, 5) is 17.8. The van der Waals surface area contributed by atoms with E-state index in [0.717, 1.165) is 42.9 Å². The summed E-state index contributed by atoms with van der Waals surface area (Å²) >= 11 is 0. The van der Waals surface area contributed by atoms with E-state index in [1.54, 1.807) is 0 Å². The Labute approximate surface area is 139 Å². The summed E-state index contributed by atoms with van der Waals surface area (Å²) in [5.74, 6) is 0.846. The van der Waals surface area contributed by atoms with Crippen molar-refractivity contribution in [2.45, 2.75) is 71.4 Å². The van der Waals surface area contributed by atoms with E-state index in [1.165, 1.54) is 19.4 Å². The van der Waals surface area contributed by atoms with Crippen molar-refractivity contribution in [2.75, 3.05) is 19.6 Å². The second-order valence-corrected chi connectivity index (χ2v) is 7.04. The minimum atomic E-state index is -0.168. The molecule has 1 aromatic heterocycles. The third-order valence-electron chi connectivity index (χ3n) is 5.74. The largest absolute Gasteiger partial charge is 0.361 e. The summed E-state index contributed by atoms with van der Waals surface area (Å²) in [5.41, 5.74) is 1.81. The lowest BCUT2D eigenvalue weighted by Crippen LogP contribution is -2.49. The van der Waals surface area contributed by atoms with E-state index in [-0.39, 0.29) is 11.8 Å². The van der Waals surface area contributed by atoms with Gasteiger partial charge in [-0.25, -0.2) is 0 Å². The van der Waals surface area contributed by atoms with Gasteiger partial charge in [-0.3, -0.25) is 9.69 Å². The second-order valence-electron chi connectivity index (χ2n) is 7.04. The van der Waals surface area contributed by atoms with E-state index in [2.05, 4.69) is 21.9 Å². The van der Waals surface area contributed by atoms with Crippen LogP contribution in [0.5, 0.6) is 0 Å². The monoisotopic (exact) mass is 319 g/mol. The molecule has 3 rings (SSSR count). The van der Waals surface area contributed by atoms with Crippen LogP contribution in [0.3, 0.4) is 0 Å². The van der Waals surface area contributed by atoms with Crippen molar-refractivity contribution < 1.29 is 9.32 Å². The average molecular weight is 319 g/mol. The Morgan fingerprint density at radius 3 is 2.61 bits per heavy atom. The number of likely N-dealkylation sites (tertiary alicyclic amines) is 2. The van der Waals surface area contributed by atoms with Crippen LogP contribution in [-0.4, -0.2) is 52.6 Å². The highest BCUT2D eigenvalue weighted by molar-refractivity contribution is 5.84. The number of hydrogen-bond acceptors (Lipinski definition) is 4. The lowest BCUT2D eigenvalue weighted by molar-refractivity contribution is -0.134. The molecule has 0 radical (unpaired) electrons. The standard InChI is InChI=1S/C18H29N3O2/c1-5-20-10-6-8-15(20)16-9-7-11-21(16)18(22)12(2)17-13(3)19-23-14(17)4/h12,15-16H,5-11H2,1-4H3. The molecule has 3 heterocycles. The van der Waals surface area contributed by atoms with Crippen LogP contribution in [0, 0.1) is 13.8 Å². The summed E-state index contributed by atoms with van der Waals surface area (Å²) < 4.78 is 5.26. The summed E-state index contributed by atoms with van der Waals surface area (Å²) in [7, 11) is 0. The number of rotatable bonds is 4. The van der Waals surface area contributed by atoms with Gasteiger partial charge in [-0.2, -0.15) is 0 Å². The van der Waals surface area contributed by atoms with Crippen LogP contribution in [-0.2, 0) is 4.79 Å². The number of carbonyl (C=O) groups is 1. The molecule has 23 heavy (non-hydrogen) atoms. The molecule has 3 unspecified atom stereocenters. The maximum Gasteiger partial charge on any atom is 0.230 e. The topological polar surface area (TPSA) is 49.6 Å². The Bertz CT molecular complexity index is 549. The van der Waals surface area contributed by atoms with Gasteiger partial charge in [-0.1, -0.05) is 12.1 Å². The molecule has 2 aliphatic heterocycles. The highest BCUT2D eigenvalue weighted by Gasteiger charge is 2.41. The minimum absolute atomic E-state index is 0.168. The second kappa shape index (κ2) is 6.63. The lowest BCUT2D eigenvalue weighted by Gasteiger charge is -2.35. The molecule has 1 aromatic rings. The van der Waals surface area contributed by atoms with E-state index in [0.29, 0.717) is 12.1 Å². The predicted molar refractivity (Wildman–Crippen MR) is 89.4 cm³/mol. The number of amides is 1. The molecule has 5 nitrogen and oxygen atoms in total. The Balaban J connectivity index is 1.78. The van der Waals surface area contributed by atoms with Crippen molar-refractivity contribution in [3.8, 4) is 0 Å².